The van der Waals surface area contributed by atoms with E-state index in [-0.39, 0.29) is 24.8 Å². The Kier molecular flexibility index (Phi) is 4.69. The smallest absolute Gasteiger partial charge is 0.305 e. The van der Waals surface area contributed by atoms with Gasteiger partial charge >= 0.3 is 5.97 Å². The Labute approximate surface area is 101 Å². The lowest BCUT2D eigenvalue weighted by molar-refractivity contribution is -0.137. The van der Waals surface area contributed by atoms with Crippen molar-refractivity contribution >= 4 is 11.9 Å². The predicted octanol–water partition coefficient (Wildman–Crippen LogP) is 1.52. The molecule has 0 aliphatic carbocycles. The zero-order chi connectivity index (χ0) is 12.8. The highest BCUT2D eigenvalue weighted by Gasteiger charge is 2.11. The molecule has 0 fully saturated rings. The van der Waals surface area contributed by atoms with E-state index >= 15 is 0 Å². The highest BCUT2D eigenvalue weighted by Crippen LogP contribution is 2.04. The molecule has 17 heavy (non-hydrogen) atoms. The summed E-state index contributed by atoms with van der Waals surface area (Å²) in [5.74, 6) is -1.06. The minimum absolute atomic E-state index is 0.0559. The average Bonchev–Trinajstić information content (AvgIpc) is 2.19. The Morgan fingerprint density at radius 3 is 2.41 bits per heavy atom. The quantitative estimate of drug-likeness (QED) is 0.813. The van der Waals surface area contributed by atoms with Crippen molar-refractivity contribution < 1.29 is 14.7 Å². The number of aryl methyl sites for hydroxylation is 1. The van der Waals surface area contributed by atoms with Crippen LogP contribution in [0, 0.1) is 6.92 Å². The number of rotatable bonds is 5. The van der Waals surface area contributed by atoms with E-state index in [0.717, 1.165) is 11.1 Å². The van der Waals surface area contributed by atoms with Crippen LogP contribution in [0.5, 0.6) is 0 Å². The molecular formula is C13H17NO3. The number of carbonyl (C=O) groups excluding carboxylic acids is 1. The average molecular weight is 235 g/mol. The number of hydrogen-bond donors (Lipinski definition) is 2. The number of carboxylic acids is 1. The van der Waals surface area contributed by atoms with Crippen LogP contribution in [-0.2, 0) is 16.0 Å². The van der Waals surface area contributed by atoms with Gasteiger partial charge in [0.25, 0.3) is 0 Å². The second-order valence-corrected chi connectivity index (χ2v) is 4.23. The molecule has 0 bridgehead atoms. The third kappa shape index (κ3) is 5.15. The number of nitrogens with one attached hydrogen (secondary N) is 1. The Morgan fingerprint density at radius 1 is 1.29 bits per heavy atom. The van der Waals surface area contributed by atoms with E-state index in [4.69, 9.17) is 5.11 Å². The third-order valence-electron chi connectivity index (χ3n) is 2.37. The van der Waals surface area contributed by atoms with E-state index in [9.17, 15) is 9.59 Å². The Morgan fingerprint density at radius 2 is 1.88 bits per heavy atom. The van der Waals surface area contributed by atoms with Gasteiger partial charge in [-0.25, -0.2) is 0 Å². The summed E-state index contributed by atoms with van der Waals surface area (Å²) < 4.78 is 0. The lowest BCUT2D eigenvalue weighted by Gasteiger charge is -2.11. The van der Waals surface area contributed by atoms with Gasteiger partial charge in [-0.1, -0.05) is 29.8 Å². The van der Waals surface area contributed by atoms with Gasteiger partial charge < -0.3 is 10.4 Å². The largest absolute Gasteiger partial charge is 0.481 e. The van der Waals surface area contributed by atoms with E-state index in [2.05, 4.69) is 5.32 Å². The first-order valence-corrected chi connectivity index (χ1v) is 5.54. The van der Waals surface area contributed by atoms with Crippen LogP contribution >= 0.6 is 0 Å². The highest BCUT2D eigenvalue weighted by atomic mass is 16.4. The molecule has 0 radical (unpaired) electrons. The zero-order valence-electron chi connectivity index (χ0n) is 10.1. The van der Waals surface area contributed by atoms with E-state index < -0.39 is 5.97 Å². The van der Waals surface area contributed by atoms with Crippen molar-refractivity contribution in [3.8, 4) is 0 Å². The topological polar surface area (TPSA) is 66.4 Å². The molecule has 0 aromatic heterocycles. The molecule has 1 aromatic rings. The Bertz CT molecular complexity index is 398. The van der Waals surface area contributed by atoms with Crippen LogP contribution in [0.15, 0.2) is 24.3 Å². The SMILES string of the molecule is Cc1ccc(CC(=O)NC(C)CC(=O)O)cc1. The van der Waals surface area contributed by atoms with Gasteiger partial charge in [0, 0.05) is 6.04 Å². The number of amides is 1. The lowest BCUT2D eigenvalue weighted by atomic mass is 10.1. The fraction of sp³-hybridized carbons (Fsp3) is 0.385. The van der Waals surface area contributed by atoms with Crippen LogP contribution in [0.2, 0.25) is 0 Å². The summed E-state index contributed by atoms with van der Waals surface area (Å²) >= 11 is 0. The molecule has 1 amide bonds. The third-order valence-corrected chi connectivity index (χ3v) is 2.37. The molecule has 0 saturated carbocycles. The van der Waals surface area contributed by atoms with Gasteiger partial charge in [-0.05, 0) is 19.4 Å². The Balaban J connectivity index is 2.44. The summed E-state index contributed by atoms with van der Waals surface area (Å²) in [5.41, 5.74) is 2.07. The van der Waals surface area contributed by atoms with Crippen molar-refractivity contribution in [3.63, 3.8) is 0 Å². The van der Waals surface area contributed by atoms with Crippen molar-refractivity contribution in [1.29, 1.82) is 0 Å². The van der Waals surface area contributed by atoms with E-state index in [1.165, 1.54) is 0 Å². The summed E-state index contributed by atoms with van der Waals surface area (Å²) in [4.78, 5) is 22.0. The standard InChI is InChI=1S/C13H17NO3/c1-9-3-5-11(6-4-9)8-12(15)14-10(2)7-13(16)17/h3-6,10H,7-8H2,1-2H3,(H,14,15)(H,16,17). The van der Waals surface area contributed by atoms with E-state index in [1.54, 1.807) is 6.92 Å². The van der Waals surface area contributed by atoms with Gasteiger partial charge in [0.15, 0.2) is 0 Å². The molecule has 0 heterocycles. The molecule has 0 saturated heterocycles. The first-order chi connectivity index (χ1) is 7.97. The fourth-order valence-electron chi connectivity index (χ4n) is 1.53. The van der Waals surface area contributed by atoms with Crippen LogP contribution in [0.25, 0.3) is 0 Å². The maximum atomic E-state index is 11.6. The number of carboxylic acid groups (broad SMARTS) is 1. The molecule has 1 atom stereocenters. The van der Waals surface area contributed by atoms with Gasteiger partial charge in [-0.3, -0.25) is 9.59 Å². The van der Waals surface area contributed by atoms with Crippen molar-refractivity contribution in [3.05, 3.63) is 35.4 Å². The molecule has 1 rings (SSSR count). The molecule has 2 N–H and O–H groups in total. The van der Waals surface area contributed by atoms with Crippen LogP contribution in [-0.4, -0.2) is 23.0 Å². The summed E-state index contributed by atoms with van der Waals surface area (Å²) in [7, 11) is 0. The maximum Gasteiger partial charge on any atom is 0.305 e. The molecule has 4 nitrogen and oxygen atoms in total. The molecule has 0 spiro atoms. The number of aliphatic carboxylic acids is 1. The molecule has 0 aliphatic heterocycles. The normalized spacial score (nSPS) is 11.9. The molecule has 0 aliphatic rings. The second-order valence-electron chi connectivity index (χ2n) is 4.23. The molecular weight excluding hydrogens is 218 g/mol. The van der Waals surface area contributed by atoms with Crippen molar-refractivity contribution in [2.24, 2.45) is 0 Å². The molecule has 92 valence electrons. The van der Waals surface area contributed by atoms with Gasteiger partial charge in [-0.2, -0.15) is 0 Å². The molecule has 1 unspecified atom stereocenters. The van der Waals surface area contributed by atoms with E-state index in [1.807, 2.05) is 31.2 Å². The summed E-state index contributed by atoms with van der Waals surface area (Å²) in [6.45, 7) is 3.67. The van der Waals surface area contributed by atoms with Crippen LogP contribution in [0.4, 0.5) is 0 Å². The lowest BCUT2D eigenvalue weighted by Crippen LogP contribution is -2.35. The van der Waals surface area contributed by atoms with Gasteiger partial charge in [0.2, 0.25) is 5.91 Å². The molecule has 4 heteroatoms. The van der Waals surface area contributed by atoms with Gasteiger partial charge in [0.05, 0.1) is 12.8 Å². The van der Waals surface area contributed by atoms with Gasteiger partial charge in [-0.15, -0.1) is 0 Å². The minimum atomic E-state index is -0.909. The predicted molar refractivity (Wildman–Crippen MR) is 64.7 cm³/mol. The van der Waals surface area contributed by atoms with Crippen molar-refractivity contribution in [1.82, 2.24) is 5.32 Å². The second kappa shape index (κ2) is 6.03. The first-order valence-electron chi connectivity index (χ1n) is 5.54. The van der Waals surface area contributed by atoms with Crippen molar-refractivity contribution in [2.75, 3.05) is 0 Å². The summed E-state index contributed by atoms with van der Waals surface area (Å²) in [5, 5.41) is 11.2. The first kappa shape index (κ1) is 13.2. The summed E-state index contributed by atoms with van der Waals surface area (Å²) in [6.07, 6.45) is 0.226. The van der Waals surface area contributed by atoms with E-state index in [0.29, 0.717) is 0 Å². The maximum absolute atomic E-state index is 11.6. The zero-order valence-corrected chi connectivity index (χ0v) is 10.1. The number of carbonyl (C=O) groups is 2. The Hall–Kier alpha value is -1.84. The van der Waals surface area contributed by atoms with Gasteiger partial charge in [0.1, 0.15) is 0 Å². The monoisotopic (exact) mass is 235 g/mol. The minimum Gasteiger partial charge on any atom is -0.481 e. The van der Waals surface area contributed by atoms with Crippen molar-refractivity contribution in [2.45, 2.75) is 32.7 Å². The molecule has 1 aromatic carbocycles. The number of benzene rings is 1. The highest BCUT2D eigenvalue weighted by molar-refractivity contribution is 5.79. The fourth-order valence-corrected chi connectivity index (χ4v) is 1.53. The van der Waals surface area contributed by atoms with Crippen LogP contribution < -0.4 is 5.32 Å². The van der Waals surface area contributed by atoms with Crippen LogP contribution in [0.1, 0.15) is 24.5 Å². The summed E-state index contributed by atoms with van der Waals surface area (Å²) in [6, 6.07) is 7.35. The number of hydrogen-bond acceptors (Lipinski definition) is 2. The van der Waals surface area contributed by atoms with Crippen LogP contribution in [0.3, 0.4) is 0 Å².